The molecule has 0 aromatic carbocycles. The number of hydrogen-bond acceptors (Lipinski definition) is 17. The molecule has 2 aliphatic rings. The molecule has 2 atom stereocenters. The summed E-state index contributed by atoms with van der Waals surface area (Å²) >= 11 is 0. The number of nitrogens with two attached hydrogens (primary N) is 2. The van der Waals surface area contributed by atoms with Gasteiger partial charge in [0, 0.05) is 71.3 Å². The van der Waals surface area contributed by atoms with Crippen molar-refractivity contribution >= 4 is 42.1 Å². The lowest BCUT2D eigenvalue weighted by atomic mass is 9.97. The first-order valence-corrected chi connectivity index (χ1v) is 21.8. The summed E-state index contributed by atoms with van der Waals surface area (Å²) in [6.45, 7) is 12.6. The van der Waals surface area contributed by atoms with Crippen molar-refractivity contribution in [1.29, 1.82) is 0 Å². The number of ether oxygens (including phenoxy) is 3. The van der Waals surface area contributed by atoms with Gasteiger partial charge in [-0.25, -0.2) is 9.36 Å². The summed E-state index contributed by atoms with van der Waals surface area (Å²) in [6, 6.07) is -0.445. The van der Waals surface area contributed by atoms with Crippen molar-refractivity contribution in [3.8, 4) is 12.3 Å². The fourth-order valence-electron chi connectivity index (χ4n) is 7.07. The van der Waals surface area contributed by atoms with Crippen molar-refractivity contribution in [3.63, 3.8) is 0 Å². The molecule has 344 valence electrons. The van der Waals surface area contributed by atoms with Gasteiger partial charge in [-0.2, -0.15) is 15.0 Å². The van der Waals surface area contributed by atoms with E-state index in [1.165, 1.54) is 0 Å². The zero-order valence-electron chi connectivity index (χ0n) is 36.5. The molecule has 0 radical (unpaired) electrons. The Balaban J connectivity index is 0.00000845. The third-order valence-electron chi connectivity index (χ3n) is 10.8. The zero-order chi connectivity index (χ0) is 43.2. The lowest BCUT2D eigenvalue weighted by molar-refractivity contribution is -0.137. The second kappa shape index (κ2) is 27.4. The van der Waals surface area contributed by atoms with Gasteiger partial charge < -0.3 is 50.6 Å². The van der Waals surface area contributed by atoms with Crippen molar-refractivity contribution in [2.24, 2.45) is 17.4 Å². The van der Waals surface area contributed by atoms with E-state index in [0.717, 1.165) is 56.3 Å². The maximum atomic E-state index is 14.1. The molecule has 5 N–H and O–H groups in total. The summed E-state index contributed by atoms with van der Waals surface area (Å²) in [7, 11) is 0. The maximum absolute atomic E-state index is 14.1. The molecule has 0 aliphatic carbocycles. The molecule has 0 bridgehead atoms. The van der Waals surface area contributed by atoms with Crippen molar-refractivity contribution < 1.29 is 23.8 Å². The number of unbranched alkanes of at least 4 members (excludes halogenated alkanes) is 2. The van der Waals surface area contributed by atoms with E-state index in [0.29, 0.717) is 123 Å². The molecular weight excluding hydrogens is 820 g/mol. The molecule has 2 fully saturated rings. The molecule has 2 aliphatic heterocycles. The summed E-state index contributed by atoms with van der Waals surface area (Å²) in [5, 5.41) is 20.4. The maximum Gasteiger partial charge on any atom is 0.247 e. The summed E-state index contributed by atoms with van der Waals surface area (Å²) < 4.78 is 19.8. The van der Waals surface area contributed by atoms with Gasteiger partial charge in [0.15, 0.2) is 0 Å². The number of carbonyl (C=O) groups is 2. The molecule has 21 nitrogen and oxygen atoms in total. The topological polar surface area (TPSA) is 239 Å². The fraction of sp³-hybridized carbons (Fsp3) is 0.725. The van der Waals surface area contributed by atoms with Gasteiger partial charge in [0.1, 0.15) is 19.2 Å². The minimum Gasteiger partial charge on any atom is -0.377 e. The van der Waals surface area contributed by atoms with Crippen LogP contribution in [0.3, 0.4) is 0 Å². The number of aryl methyl sites for hydroxylation is 2. The lowest BCUT2D eigenvalue weighted by Crippen LogP contribution is -2.52. The predicted molar refractivity (Wildman–Crippen MR) is 237 cm³/mol. The van der Waals surface area contributed by atoms with Gasteiger partial charge in [-0.3, -0.25) is 9.59 Å². The Bertz CT molecular complexity index is 1790. The van der Waals surface area contributed by atoms with E-state index in [2.05, 4.69) is 55.5 Å². The molecular formula is C40H67ClN16O5. The number of nitrogens with zero attached hydrogens (tertiary/aromatic N) is 13. The van der Waals surface area contributed by atoms with Crippen LogP contribution in [0.4, 0.5) is 17.8 Å². The number of nitrogens with one attached hydrogen (secondary N) is 1. The first-order chi connectivity index (χ1) is 29.8. The molecule has 0 unspecified atom stereocenters. The Morgan fingerprint density at radius 2 is 1.34 bits per heavy atom. The predicted octanol–water partition coefficient (Wildman–Crippen LogP) is 0.419. The lowest BCUT2D eigenvalue weighted by Gasteiger charge is -2.38. The summed E-state index contributed by atoms with van der Waals surface area (Å²) in [6.07, 6.45) is 15.0. The van der Waals surface area contributed by atoms with Crippen molar-refractivity contribution in [1.82, 2.24) is 54.7 Å². The van der Waals surface area contributed by atoms with Gasteiger partial charge in [0.05, 0.1) is 44.4 Å². The van der Waals surface area contributed by atoms with Crippen LogP contribution in [0.25, 0.3) is 0 Å². The number of anilines is 3. The van der Waals surface area contributed by atoms with Gasteiger partial charge in [-0.15, -0.1) is 29.0 Å². The van der Waals surface area contributed by atoms with E-state index >= 15 is 0 Å². The number of aromatic nitrogens is 9. The van der Waals surface area contributed by atoms with Crippen LogP contribution in [0.2, 0.25) is 0 Å². The number of rotatable bonds is 27. The summed E-state index contributed by atoms with van der Waals surface area (Å²) in [5.41, 5.74) is 13.0. The smallest absolute Gasteiger partial charge is 0.247 e. The van der Waals surface area contributed by atoms with Crippen molar-refractivity contribution in [3.05, 3.63) is 23.8 Å². The van der Waals surface area contributed by atoms with Gasteiger partial charge in [-0.1, -0.05) is 36.6 Å². The number of halogens is 1. The highest BCUT2D eigenvalue weighted by Gasteiger charge is 2.34. The minimum atomic E-state index is -0.445. The minimum absolute atomic E-state index is 0. The van der Waals surface area contributed by atoms with Crippen molar-refractivity contribution in [2.45, 2.75) is 71.4 Å². The van der Waals surface area contributed by atoms with E-state index in [1.807, 2.05) is 22.2 Å². The van der Waals surface area contributed by atoms with Crippen LogP contribution < -0.4 is 26.6 Å². The Kier molecular flexibility index (Phi) is 22.0. The van der Waals surface area contributed by atoms with Gasteiger partial charge >= 0.3 is 0 Å². The zero-order valence-corrected chi connectivity index (χ0v) is 37.3. The van der Waals surface area contributed by atoms with Crippen LogP contribution in [0.15, 0.2) is 12.4 Å². The second-order valence-corrected chi connectivity index (χ2v) is 15.3. The van der Waals surface area contributed by atoms with E-state index in [1.54, 1.807) is 9.36 Å². The summed E-state index contributed by atoms with van der Waals surface area (Å²) in [5.74, 6) is 3.96. The Labute approximate surface area is 371 Å². The second-order valence-electron chi connectivity index (χ2n) is 15.3. The molecule has 0 spiro atoms. The standard InChI is InChI=1S/C40H66N16O5.ClH/c1-4-23-59-25-27-61-28-26-60-24-14-43-38-44-39(53-19-15-51(16-20-53)35(57)31-55-29-33(47-49-55)10-6-8-12-41)46-40(45-38)54-21-17-52(18-22-54)37(58)36(32(3)5-2)56-30-34(48-50-56)11-7-9-13-42;/h1,29-30,32,36H,5-28,31,41-42H2,2-3H3,(H,43,44,45,46);1H/t32-,36-;/m0./s1. The highest BCUT2D eigenvalue weighted by atomic mass is 35.5. The highest BCUT2D eigenvalue weighted by molar-refractivity contribution is 5.85. The quantitative estimate of drug-likeness (QED) is 0.0695. The first-order valence-electron chi connectivity index (χ1n) is 21.8. The summed E-state index contributed by atoms with van der Waals surface area (Å²) in [4.78, 5) is 49.8. The van der Waals surface area contributed by atoms with E-state index in [-0.39, 0.29) is 43.3 Å². The Morgan fingerprint density at radius 3 is 1.94 bits per heavy atom. The Hall–Kier alpha value is -4.72. The molecule has 0 saturated carbocycles. The first kappa shape index (κ1) is 49.9. The fourth-order valence-corrected chi connectivity index (χ4v) is 7.07. The third-order valence-corrected chi connectivity index (χ3v) is 10.8. The van der Waals surface area contributed by atoms with Crippen LogP contribution in [0, 0.1) is 18.3 Å². The number of carbonyl (C=O) groups excluding carboxylic acids is 2. The number of hydrogen-bond donors (Lipinski definition) is 3. The average molecular weight is 888 g/mol. The Morgan fingerprint density at radius 1 is 0.774 bits per heavy atom. The van der Waals surface area contributed by atoms with Gasteiger partial charge in [0.2, 0.25) is 29.7 Å². The van der Waals surface area contributed by atoms with Crippen LogP contribution in [0.1, 0.15) is 63.4 Å². The highest BCUT2D eigenvalue weighted by Crippen LogP contribution is 2.26. The van der Waals surface area contributed by atoms with E-state index in [9.17, 15) is 9.59 Å². The van der Waals surface area contributed by atoms with Crippen LogP contribution >= 0.6 is 12.4 Å². The molecule has 3 aromatic heterocycles. The largest absolute Gasteiger partial charge is 0.377 e. The van der Waals surface area contributed by atoms with Crippen LogP contribution in [0.5, 0.6) is 0 Å². The van der Waals surface area contributed by atoms with Crippen LogP contribution in [-0.4, -0.2) is 178 Å². The number of terminal acetylenes is 1. The van der Waals surface area contributed by atoms with Gasteiger partial charge in [0.25, 0.3) is 0 Å². The van der Waals surface area contributed by atoms with E-state index in [4.69, 9.17) is 47.1 Å². The molecule has 5 heterocycles. The number of amides is 2. The molecule has 22 heteroatoms. The SMILES string of the molecule is C#CCOCCOCCOCCNc1nc(N2CCN(C(=O)Cn3cc(CCCCN)nn3)CC2)nc(N2CCN(C(=O)[C@H]([C@@H](C)CC)n3cc(CCCCN)nn3)CC2)n1.Cl. The van der Waals surface area contributed by atoms with E-state index < -0.39 is 6.04 Å². The molecule has 2 amide bonds. The molecule has 3 aromatic rings. The normalized spacial score (nSPS) is 15.3. The molecule has 62 heavy (non-hydrogen) atoms. The average Bonchev–Trinajstić information content (AvgIpc) is 3.95. The van der Waals surface area contributed by atoms with Crippen molar-refractivity contribution in [2.75, 3.05) is 127 Å². The monoisotopic (exact) mass is 887 g/mol. The molecule has 5 rings (SSSR count). The third kappa shape index (κ3) is 15.6. The van der Waals surface area contributed by atoms with Crippen LogP contribution in [-0.2, 0) is 43.2 Å². The number of piperazine rings is 2. The molecule has 2 saturated heterocycles. The van der Waals surface area contributed by atoms with Gasteiger partial charge in [-0.05, 0) is 57.5 Å².